The van der Waals surface area contributed by atoms with Gasteiger partial charge in [-0.1, -0.05) is 0 Å². The van der Waals surface area contributed by atoms with E-state index in [0.717, 1.165) is 29.3 Å². The van der Waals surface area contributed by atoms with Crippen LogP contribution in [0.5, 0.6) is 5.88 Å². The number of amides is 1. The highest BCUT2D eigenvalue weighted by Crippen LogP contribution is 2.25. The van der Waals surface area contributed by atoms with E-state index in [0.29, 0.717) is 16.6 Å². The molecular weight excluding hydrogens is 362 g/mol. The van der Waals surface area contributed by atoms with E-state index in [1.165, 1.54) is 0 Å². The van der Waals surface area contributed by atoms with Gasteiger partial charge in [-0.25, -0.2) is 14.8 Å². The maximum absolute atomic E-state index is 12.5. The first-order chi connectivity index (χ1) is 12.2. The van der Waals surface area contributed by atoms with Gasteiger partial charge in [0.2, 0.25) is 5.88 Å². The topological polar surface area (TPSA) is 90.4 Å². The summed E-state index contributed by atoms with van der Waals surface area (Å²) in [5.74, 6) is 1.37. The molecule has 1 atom stereocenters. The summed E-state index contributed by atoms with van der Waals surface area (Å²) in [6.07, 6.45) is 2.61. The first-order valence-corrected chi connectivity index (χ1v) is 9.84. The second-order valence-electron chi connectivity index (χ2n) is 5.17. The summed E-state index contributed by atoms with van der Waals surface area (Å²) >= 11 is 2.98. The number of carbonyl (C=O) groups is 2. The molecule has 0 bridgehead atoms. The van der Waals surface area contributed by atoms with Crippen molar-refractivity contribution in [2.45, 2.75) is 19.4 Å². The van der Waals surface area contributed by atoms with Crippen LogP contribution in [0.2, 0.25) is 0 Å². The third-order valence-electron chi connectivity index (χ3n) is 3.39. The van der Waals surface area contributed by atoms with Crippen LogP contribution in [0.1, 0.15) is 34.2 Å². The number of hydrogen-bond donors (Lipinski definition) is 1. The predicted molar refractivity (Wildman–Crippen MR) is 96.6 cm³/mol. The molecule has 3 rings (SSSR count). The molecule has 9 heteroatoms. The molecule has 132 valence electrons. The van der Waals surface area contributed by atoms with Crippen molar-refractivity contribution >= 4 is 40.1 Å². The molecule has 3 heterocycles. The van der Waals surface area contributed by atoms with E-state index in [1.54, 1.807) is 30.6 Å². The van der Waals surface area contributed by atoms with Crippen LogP contribution in [0, 0.1) is 0 Å². The Bertz CT molecular complexity index is 759. The van der Waals surface area contributed by atoms with Crippen LogP contribution >= 0.6 is 23.1 Å². The Labute approximate surface area is 153 Å². The molecule has 0 spiro atoms. The molecule has 2 aromatic rings. The van der Waals surface area contributed by atoms with Gasteiger partial charge in [0.05, 0.1) is 6.61 Å². The smallest absolute Gasteiger partial charge is 0.357 e. The number of carbonyl (C=O) groups excluding carboxylic acids is 2. The van der Waals surface area contributed by atoms with Crippen molar-refractivity contribution in [3.63, 3.8) is 0 Å². The number of nitrogens with one attached hydrogen (secondary N) is 1. The fourth-order valence-electron chi connectivity index (χ4n) is 2.22. The van der Waals surface area contributed by atoms with Gasteiger partial charge in [-0.2, -0.15) is 11.8 Å². The number of ether oxygens (including phenoxy) is 2. The Morgan fingerprint density at radius 3 is 3.08 bits per heavy atom. The summed E-state index contributed by atoms with van der Waals surface area (Å²) in [6, 6.07) is 3.33. The SMILES string of the molecule is CCOC(=O)c1csc(NC(=O)c2cccnc2OC2CCSC2)n1. The van der Waals surface area contributed by atoms with E-state index in [9.17, 15) is 9.59 Å². The Balaban J connectivity index is 1.70. The zero-order valence-corrected chi connectivity index (χ0v) is 15.2. The highest BCUT2D eigenvalue weighted by molar-refractivity contribution is 7.99. The van der Waals surface area contributed by atoms with Crippen molar-refractivity contribution in [2.75, 3.05) is 23.4 Å². The summed E-state index contributed by atoms with van der Waals surface area (Å²) in [5, 5.41) is 4.54. The molecule has 1 fully saturated rings. The molecule has 1 amide bonds. The number of hydrogen-bond acceptors (Lipinski definition) is 8. The van der Waals surface area contributed by atoms with Gasteiger partial charge in [-0.05, 0) is 31.2 Å². The van der Waals surface area contributed by atoms with Crippen molar-refractivity contribution < 1.29 is 19.1 Å². The molecule has 25 heavy (non-hydrogen) atoms. The van der Waals surface area contributed by atoms with Crippen LogP contribution < -0.4 is 10.1 Å². The lowest BCUT2D eigenvalue weighted by atomic mass is 10.2. The second kappa shape index (κ2) is 8.30. The Hall–Kier alpha value is -2.13. The highest BCUT2D eigenvalue weighted by Gasteiger charge is 2.22. The van der Waals surface area contributed by atoms with Crippen molar-refractivity contribution in [3.8, 4) is 5.88 Å². The first-order valence-electron chi connectivity index (χ1n) is 7.80. The number of thiazole rings is 1. The molecule has 1 N–H and O–H groups in total. The van der Waals surface area contributed by atoms with E-state index in [2.05, 4.69) is 15.3 Å². The molecule has 1 aliphatic heterocycles. The molecule has 7 nitrogen and oxygen atoms in total. The summed E-state index contributed by atoms with van der Waals surface area (Å²) in [6.45, 7) is 1.99. The van der Waals surface area contributed by atoms with Gasteiger partial charge in [0.15, 0.2) is 10.8 Å². The van der Waals surface area contributed by atoms with Gasteiger partial charge in [-0.15, -0.1) is 11.3 Å². The molecule has 1 aliphatic rings. The number of pyridine rings is 1. The largest absolute Gasteiger partial charge is 0.473 e. The number of nitrogens with zero attached hydrogens (tertiary/aromatic N) is 2. The van der Waals surface area contributed by atoms with Crippen LogP contribution in [0.3, 0.4) is 0 Å². The Kier molecular flexibility index (Phi) is 5.87. The average molecular weight is 379 g/mol. The summed E-state index contributed by atoms with van der Waals surface area (Å²) < 4.78 is 10.7. The Morgan fingerprint density at radius 2 is 2.32 bits per heavy atom. The van der Waals surface area contributed by atoms with Gasteiger partial charge in [0.1, 0.15) is 11.7 Å². The summed E-state index contributed by atoms with van der Waals surface area (Å²) in [7, 11) is 0. The van der Waals surface area contributed by atoms with Gasteiger partial charge in [0.25, 0.3) is 5.91 Å². The standard InChI is InChI=1S/C16H17N3O4S2/c1-2-22-15(21)12-9-25-16(18-12)19-13(20)11-4-3-6-17-14(11)23-10-5-7-24-8-10/h3-4,6,9-10H,2,5,7-8H2,1H3,(H,18,19,20). The molecule has 0 aliphatic carbocycles. The minimum atomic E-state index is -0.511. The average Bonchev–Trinajstić information content (AvgIpc) is 3.27. The van der Waals surface area contributed by atoms with Crippen molar-refractivity contribution in [1.82, 2.24) is 9.97 Å². The van der Waals surface area contributed by atoms with Crippen LogP contribution in [-0.4, -0.2) is 46.1 Å². The molecule has 0 saturated carbocycles. The van der Waals surface area contributed by atoms with Crippen molar-refractivity contribution in [3.05, 3.63) is 35.0 Å². The van der Waals surface area contributed by atoms with Crippen LogP contribution in [0.15, 0.2) is 23.7 Å². The minimum absolute atomic E-state index is 0.0710. The number of rotatable bonds is 6. The Morgan fingerprint density at radius 1 is 1.44 bits per heavy atom. The van der Waals surface area contributed by atoms with Gasteiger partial charge in [-0.3, -0.25) is 10.1 Å². The fraction of sp³-hybridized carbons (Fsp3) is 0.375. The second-order valence-corrected chi connectivity index (χ2v) is 7.18. The molecule has 1 saturated heterocycles. The highest BCUT2D eigenvalue weighted by atomic mass is 32.2. The molecule has 0 radical (unpaired) electrons. The maximum Gasteiger partial charge on any atom is 0.357 e. The predicted octanol–water partition coefficient (Wildman–Crippen LogP) is 2.85. The van der Waals surface area contributed by atoms with Crippen LogP contribution in [-0.2, 0) is 4.74 Å². The molecule has 0 aromatic carbocycles. The molecule has 1 unspecified atom stereocenters. The third kappa shape index (κ3) is 4.49. The minimum Gasteiger partial charge on any atom is -0.473 e. The van der Waals surface area contributed by atoms with E-state index >= 15 is 0 Å². The normalized spacial score (nSPS) is 16.4. The fourth-order valence-corrected chi connectivity index (χ4v) is 3.98. The lowest BCUT2D eigenvalue weighted by Crippen LogP contribution is -2.20. The van der Waals surface area contributed by atoms with Gasteiger partial charge in [0, 0.05) is 17.3 Å². The van der Waals surface area contributed by atoms with E-state index in [1.807, 2.05) is 11.8 Å². The number of esters is 1. The summed E-state index contributed by atoms with van der Waals surface area (Å²) in [5.41, 5.74) is 0.514. The lowest BCUT2D eigenvalue weighted by molar-refractivity contribution is 0.0520. The quantitative estimate of drug-likeness (QED) is 0.772. The zero-order chi connectivity index (χ0) is 17.6. The number of thioether (sulfide) groups is 1. The van der Waals surface area contributed by atoms with Crippen molar-refractivity contribution in [2.24, 2.45) is 0 Å². The van der Waals surface area contributed by atoms with Crippen LogP contribution in [0.4, 0.5) is 5.13 Å². The van der Waals surface area contributed by atoms with E-state index in [-0.39, 0.29) is 24.3 Å². The maximum atomic E-state index is 12.5. The third-order valence-corrected chi connectivity index (χ3v) is 5.28. The lowest BCUT2D eigenvalue weighted by Gasteiger charge is -2.14. The van der Waals surface area contributed by atoms with E-state index < -0.39 is 5.97 Å². The van der Waals surface area contributed by atoms with Crippen molar-refractivity contribution in [1.29, 1.82) is 0 Å². The molecular formula is C16H17N3O4S2. The van der Waals surface area contributed by atoms with E-state index in [4.69, 9.17) is 9.47 Å². The number of anilines is 1. The first kappa shape index (κ1) is 17.7. The monoisotopic (exact) mass is 379 g/mol. The zero-order valence-electron chi connectivity index (χ0n) is 13.6. The van der Waals surface area contributed by atoms with Crippen LogP contribution in [0.25, 0.3) is 0 Å². The number of aromatic nitrogens is 2. The van der Waals surface area contributed by atoms with Gasteiger partial charge >= 0.3 is 5.97 Å². The molecule has 2 aromatic heterocycles. The van der Waals surface area contributed by atoms with Gasteiger partial charge < -0.3 is 9.47 Å². The summed E-state index contributed by atoms with van der Waals surface area (Å²) in [4.78, 5) is 32.4.